The highest BCUT2D eigenvalue weighted by molar-refractivity contribution is 6.53. The molecule has 1 fully saturated rings. The number of urea groups is 1. The van der Waals surface area contributed by atoms with Crippen LogP contribution in [0.15, 0.2) is 29.4 Å². The van der Waals surface area contributed by atoms with Crippen molar-refractivity contribution in [3.63, 3.8) is 0 Å². The molecule has 0 spiro atoms. The number of aryl methyl sites for hydroxylation is 1. The number of hydrazone groups is 1. The van der Waals surface area contributed by atoms with Crippen molar-refractivity contribution in [2.75, 3.05) is 18.1 Å². The van der Waals surface area contributed by atoms with Crippen molar-refractivity contribution in [2.24, 2.45) is 5.10 Å². The van der Waals surface area contributed by atoms with Gasteiger partial charge in [0, 0.05) is 6.21 Å². The van der Waals surface area contributed by atoms with Crippen LogP contribution in [0.25, 0.3) is 0 Å². The number of carbonyl (C=O) groups is 4. The maximum Gasteiger partial charge on any atom is 0.427 e. The van der Waals surface area contributed by atoms with Crippen LogP contribution in [0.4, 0.5) is 15.3 Å². The van der Waals surface area contributed by atoms with E-state index in [0.29, 0.717) is 5.69 Å². The molecular formula is C15H16N4O5. The third kappa shape index (κ3) is 3.57. The highest BCUT2D eigenvalue weighted by Crippen LogP contribution is 2.22. The molecule has 9 heteroatoms. The molecule has 1 saturated heterocycles. The molecule has 9 nitrogen and oxygen atoms in total. The normalized spacial score (nSPS) is 14.7. The van der Waals surface area contributed by atoms with Crippen LogP contribution in [0.5, 0.6) is 0 Å². The van der Waals surface area contributed by atoms with Crippen molar-refractivity contribution in [2.45, 2.75) is 13.8 Å². The van der Waals surface area contributed by atoms with Crippen LogP contribution in [-0.4, -0.2) is 48.2 Å². The standard InChI is InChI=1S/C15H16N4O5/c1-3-24-14(22)17-16-8-9-18-12(20)13(21)19(15(18)23)11-6-4-10(2)5-7-11/h4-8H,3,9H2,1-2H3,(H,17,22)/b16-8-. The predicted octanol–water partition coefficient (Wildman–Crippen LogP) is 1.02. The van der Waals surface area contributed by atoms with E-state index in [0.717, 1.165) is 21.6 Å². The van der Waals surface area contributed by atoms with E-state index in [1.54, 1.807) is 31.2 Å². The van der Waals surface area contributed by atoms with Gasteiger partial charge in [-0.05, 0) is 26.0 Å². The maximum absolute atomic E-state index is 12.3. The quantitative estimate of drug-likeness (QED) is 0.375. The summed E-state index contributed by atoms with van der Waals surface area (Å²) in [5.74, 6) is -1.89. The Bertz CT molecular complexity index is 698. The van der Waals surface area contributed by atoms with Crippen LogP contribution < -0.4 is 10.3 Å². The summed E-state index contributed by atoms with van der Waals surface area (Å²) in [4.78, 5) is 48.8. The molecule has 0 bridgehead atoms. The van der Waals surface area contributed by atoms with Crippen LogP contribution >= 0.6 is 0 Å². The zero-order valence-electron chi connectivity index (χ0n) is 13.2. The van der Waals surface area contributed by atoms with Gasteiger partial charge in [0.15, 0.2) is 0 Å². The van der Waals surface area contributed by atoms with Crippen molar-refractivity contribution < 1.29 is 23.9 Å². The second-order valence-electron chi connectivity index (χ2n) is 4.82. The summed E-state index contributed by atoms with van der Waals surface area (Å²) in [5.41, 5.74) is 3.33. The summed E-state index contributed by atoms with van der Waals surface area (Å²) in [6.45, 7) is 3.43. The average molecular weight is 332 g/mol. The van der Waals surface area contributed by atoms with Crippen LogP contribution in [0.1, 0.15) is 12.5 Å². The van der Waals surface area contributed by atoms with Crippen molar-refractivity contribution in [1.29, 1.82) is 0 Å². The highest BCUT2D eigenvalue weighted by atomic mass is 16.5. The summed E-state index contributed by atoms with van der Waals surface area (Å²) in [6.07, 6.45) is 0.365. The van der Waals surface area contributed by atoms with Crippen LogP contribution in [0.3, 0.4) is 0 Å². The molecule has 2 rings (SSSR count). The van der Waals surface area contributed by atoms with E-state index < -0.39 is 23.9 Å². The van der Waals surface area contributed by atoms with Crippen molar-refractivity contribution in [1.82, 2.24) is 10.3 Å². The number of anilines is 1. The molecule has 5 amide bonds. The Balaban J connectivity index is 2.05. The average Bonchev–Trinajstić information content (AvgIpc) is 2.76. The number of ether oxygens (including phenoxy) is 1. The minimum Gasteiger partial charge on any atom is -0.449 e. The number of imide groups is 2. The number of hydrogen-bond acceptors (Lipinski definition) is 6. The molecule has 0 saturated carbocycles. The van der Waals surface area contributed by atoms with Gasteiger partial charge in [0.05, 0.1) is 18.8 Å². The molecule has 1 aromatic rings. The SMILES string of the molecule is CCOC(=O)N/N=C\CN1C(=O)C(=O)N(c2ccc(C)cc2)C1=O. The van der Waals surface area contributed by atoms with Gasteiger partial charge in [-0.15, -0.1) is 0 Å². The first kappa shape index (κ1) is 17.1. The molecule has 0 aromatic heterocycles. The lowest BCUT2D eigenvalue weighted by Gasteiger charge is -2.14. The fourth-order valence-electron chi connectivity index (χ4n) is 1.97. The minimum atomic E-state index is -0.955. The van der Waals surface area contributed by atoms with Gasteiger partial charge >= 0.3 is 23.9 Å². The molecule has 1 aliphatic rings. The van der Waals surface area contributed by atoms with Gasteiger partial charge in [0.2, 0.25) is 0 Å². The Morgan fingerprint density at radius 3 is 2.50 bits per heavy atom. The van der Waals surface area contributed by atoms with E-state index in [2.05, 4.69) is 15.3 Å². The topological polar surface area (TPSA) is 108 Å². The van der Waals surface area contributed by atoms with Gasteiger partial charge in [0.25, 0.3) is 0 Å². The monoisotopic (exact) mass is 332 g/mol. The fourth-order valence-corrected chi connectivity index (χ4v) is 1.97. The first-order chi connectivity index (χ1) is 11.5. The van der Waals surface area contributed by atoms with Crippen molar-refractivity contribution in [3.05, 3.63) is 29.8 Å². The highest BCUT2D eigenvalue weighted by Gasteiger charge is 2.44. The van der Waals surface area contributed by atoms with Crippen molar-refractivity contribution >= 4 is 35.8 Å². The lowest BCUT2D eigenvalue weighted by atomic mass is 10.2. The molecule has 0 atom stereocenters. The zero-order chi connectivity index (χ0) is 17.7. The first-order valence-corrected chi connectivity index (χ1v) is 7.16. The van der Waals surface area contributed by atoms with Gasteiger partial charge in [-0.3, -0.25) is 9.59 Å². The third-order valence-corrected chi connectivity index (χ3v) is 3.13. The largest absolute Gasteiger partial charge is 0.449 e. The summed E-state index contributed by atoms with van der Waals surface area (Å²) >= 11 is 0. The Labute approximate surface area is 137 Å². The van der Waals surface area contributed by atoms with Crippen LogP contribution in [0.2, 0.25) is 0 Å². The molecule has 1 heterocycles. The van der Waals surface area contributed by atoms with E-state index in [1.807, 2.05) is 6.92 Å². The van der Waals surface area contributed by atoms with Crippen LogP contribution in [-0.2, 0) is 14.3 Å². The lowest BCUT2D eigenvalue weighted by Crippen LogP contribution is -2.34. The number of amides is 5. The summed E-state index contributed by atoms with van der Waals surface area (Å²) in [5, 5.41) is 3.53. The number of carbonyl (C=O) groups excluding carboxylic acids is 4. The number of hydrogen-bond donors (Lipinski definition) is 1. The van der Waals surface area contributed by atoms with Gasteiger partial charge in [-0.1, -0.05) is 17.7 Å². The van der Waals surface area contributed by atoms with Gasteiger partial charge < -0.3 is 4.74 Å². The molecule has 1 aromatic carbocycles. The number of nitrogens with one attached hydrogen (secondary N) is 1. The molecule has 126 valence electrons. The number of nitrogens with zero attached hydrogens (tertiary/aromatic N) is 3. The second kappa shape index (κ2) is 7.36. The smallest absolute Gasteiger partial charge is 0.427 e. The van der Waals surface area contributed by atoms with E-state index in [-0.39, 0.29) is 13.2 Å². The number of benzene rings is 1. The third-order valence-electron chi connectivity index (χ3n) is 3.13. The molecule has 0 aliphatic carbocycles. The molecular weight excluding hydrogens is 316 g/mol. The van der Waals surface area contributed by atoms with Gasteiger partial charge in [-0.2, -0.15) is 5.10 Å². The fraction of sp³-hybridized carbons (Fsp3) is 0.267. The van der Waals surface area contributed by atoms with Crippen LogP contribution in [0, 0.1) is 6.92 Å². The summed E-state index contributed by atoms with van der Waals surface area (Å²) < 4.78 is 4.58. The molecule has 0 radical (unpaired) electrons. The van der Waals surface area contributed by atoms with Crippen molar-refractivity contribution in [3.8, 4) is 0 Å². The Kier molecular flexibility index (Phi) is 5.25. The Morgan fingerprint density at radius 2 is 1.88 bits per heavy atom. The van der Waals surface area contributed by atoms with Gasteiger partial charge in [-0.25, -0.2) is 24.8 Å². The van der Waals surface area contributed by atoms with E-state index in [4.69, 9.17) is 0 Å². The van der Waals surface area contributed by atoms with E-state index >= 15 is 0 Å². The number of rotatable bonds is 5. The predicted molar refractivity (Wildman–Crippen MR) is 84.4 cm³/mol. The van der Waals surface area contributed by atoms with E-state index in [1.165, 1.54) is 0 Å². The van der Waals surface area contributed by atoms with Gasteiger partial charge in [0.1, 0.15) is 0 Å². The lowest BCUT2D eigenvalue weighted by molar-refractivity contribution is -0.139. The second-order valence-corrected chi connectivity index (χ2v) is 4.82. The molecule has 1 N–H and O–H groups in total. The summed E-state index contributed by atoms with van der Waals surface area (Å²) in [6, 6.07) is 5.86. The first-order valence-electron chi connectivity index (χ1n) is 7.16. The summed E-state index contributed by atoms with van der Waals surface area (Å²) in [7, 11) is 0. The Morgan fingerprint density at radius 1 is 1.21 bits per heavy atom. The molecule has 24 heavy (non-hydrogen) atoms. The Hall–Kier alpha value is -3.23. The maximum atomic E-state index is 12.3. The molecule has 0 unspecified atom stereocenters. The minimum absolute atomic E-state index is 0.185. The molecule has 1 aliphatic heterocycles. The van der Waals surface area contributed by atoms with E-state index in [9.17, 15) is 19.2 Å². The zero-order valence-corrected chi connectivity index (χ0v) is 13.2.